The zero-order chi connectivity index (χ0) is 31.6. The lowest BCUT2D eigenvalue weighted by Gasteiger charge is -2.15. The van der Waals surface area contributed by atoms with Crippen LogP contribution in [0.2, 0.25) is 0 Å². The number of para-hydroxylation sites is 3. The minimum absolute atomic E-state index is 1.17. The molecule has 0 fully saturated rings. The predicted molar refractivity (Wildman–Crippen MR) is 203 cm³/mol. The molecule has 10 aromatic rings. The van der Waals surface area contributed by atoms with Crippen molar-refractivity contribution in [3.63, 3.8) is 0 Å². The van der Waals surface area contributed by atoms with Crippen LogP contribution in [0, 0.1) is 0 Å². The van der Waals surface area contributed by atoms with Crippen LogP contribution in [0.15, 0.2) is 182 Å². The van der Waals surface area contributed by atoms with E-state index in [-0.39, 0.29) is 0 Å². The molecule has 0 aliphatic rings. The minimum atomic E-state index is 1.17. The van der Waals surface area contributed by atoms with Gasteiger partial charge >= 0.3 is 0 Å². The largest absolute Gasteiger partial charge is 0.309 e. The zero-order valence-corrected chi connectivity index (χ0v) is 26.2. The van der Waals surface area contributed by atoms with E-state index in [0.29, 0.717) is 0 Å². The molecule has 0 saturated carbocycles. The lowest BCUT2D eigenvalue weighted by atomic mass is 9.99. The van der Waals surface area contributed by atoms with Gasteiger partial charge in [0.15, 0.2) is 0 Å². The van der Waals surface area contributed by atoms with Gasteiger partial charge in [0.1, 0.15) is 0 Å². The van der Waals surface area contributed by atoms with E-state index in [1.807, 2.05) is 0 Å². The molecule has 2 heterocycles. The molecular formula is C46H30N2. The molecule has 0 saturated heterocycles. The van der Waals surface area contributed by atoms with Crippen molar-refractivity contribution in [2.45, 2.75) is 0 Å². The highest BCUT2D eigenvalue weighted by Crippen LogP contribution is 2.42. The minimum Gasteiger partial charge on any atom is -0.309 e. The number of aromatic nitrogens is 2. The summed E-state index contributed by atoms with van der Waals surface area (Å²) in [6, 6.07) is 66.3. The summed E-state index contributed by atoms with van der Waals surface area (Å²) in [6.07, 6.45) is 0. The van der Waals surface area contributed by atoms with E-state index in [1.165, 1.54) is 88.0 Å². The molecule has 0 N–H and O–H groups in total. The summed E-state index contributed by atoms with van der Waals surface area (Å²) in [5, 5.41) is 7.48. The number of hydrogen-bond donors (Lipinski definition) is 0. The van der Waals surface area contributed by atoms with Gasteiger partial charge in [-0.15, -0.1) is 0 Å². The first-order valence-corrected chi connectivity index (χ1v) is 16.5. The van der Waals surface area contributed by atoms with Crippen molar-refractivity contribution in [3.05, 3.63) is 182 Å². The van der Waals surface area contributed by atoms with E-state index in [2.05, 4.69) is 191 Å². The van der Waals surface area contributed by atoms with Crippen molar-refractivity contribution in [2.75, 3.05) is 0 Å². The Balaban J connectivity index is 1.33. The van der Waals surface area contributed by atoms with Crippen molar-refractivity contribution >= 4 is 54.4 Å². The molecule has 48 heavy (non-hydrogen) atoms. The quantitative estimate of drug-likeness (QED) is 0.188. The first kappa shape index (κ1) is 26.8. The van der Waals surface area contributed by atoms with Crippen LogP contribution in [0.3, 0.4) is 0 Å². The second kappa shape index (κ2) is 10.6. The van der Waals surface area contributed by atoms with Crippen LogP contribution in [0.1, 0.15) is 0 Å². The SMILES string of the molecule is c1ccc(-c2ccc3c(c2)c2cc4c(cc2n3-c2ccccc2-c2ccc3ccccc3c2)c2ccccc2n4-c2ccccc2)cc1. The third-order valence-electron chi connectivity index (χ3n) is 9.89. The molecule has 0 atom stereocenters. The smallest absolute Gasteiger partial charge is 0.0549 e. The number of nitrogens with zero attached hydrogens (tertiary/aromatic N) is 2. The van der Waals surface area contributed by atoms with Crippen LogP contribution in [0.5, 0.6) is 0 Å². The Hall–Kier alpha value is -6.38. The second-order valence-electron chi connectivity index (χ2n) is 12.6. The molecule has 2 heteroatoms. The Kier molecular flexibility index (Phi) is 5.91. The highest BCUT2D eigenvalue weighted by Gasteiger charge is 2.20. The summed E-state index contributed by atoms with van der Waals surface area (Å²) < 4.78 is 4.90. The Labute approximate surface area is 278 Å². The van der Waals surface area contributed by atoms with Crippen LogP contribution in [0.25, 0.3) is 88.0 Å². The Morgan fingerprint density at radius 1 is 0.292 bits per heavy atom. The molecule has 0 amide bonds. The molecule has 0 bridgehead atoms. The summed E-state index contributed by atoms with van der Waals surface area (Å²) in [5.74, 6) is 0. The van der Waals surface area contributed by atoms with Crippen molar-refractivity contribution in [1.29, 1.82) is 0 Å². The lowest BCUT2D eigenvalue weighted by molar-refractivity contribution is 1.18. The van der Waals surface area contributed by atoms with E-state index in [0.717, 1.165) is 0 Å². The van der Waals surface area contributed by atoms with E-state index in [9.17, 15) is 0 Å². The Morgan fingerprint density at radius 2 is 0.896 bits per heavy atom. The van der Waals surface area contributed by atoms with Crippen molar-refractivity contribution in [2.24, 2.45) is 0 Å². The summed E-state index contributed by atoms with van der Waals surface area (Å²) >= 11 is 0. The third kappa shape index (κ3) is 4.06. The molecule has 2 nitrogen and oxygen atoms in total. The van der Waals surface area contributed by atoms with Crippen molar-refractivity contribution < 1.29 is 0 Å². The van der Waals surface area contributed by atoms with Gasteiger partial charge in [0.05, 0.1) is 27.8 Å². The fraction of sp³-hybridized carbons (Fsp3) is 0. The first-order valence-electron chi connectivity index (χ1n) is 16.5. The number of rotatable bonds is 4. The molecule has 0 aliphatic carbocycles. The summed E-state index contributed by atoms with van der Waals surface area (Å²) in [7, 11) is 0. The van der Waals surface area contributed by atoms with Crippen LogP contribution >= 0.6 is 0 Å². The third-order valence-corrected chi connectivity index (χ3v) is 9.89. The van der Waals surface area contributed by atoms with Gasteiger partial charge in [-0.2, -0.15) is 0 Å². The molecule has 0 unspecified atom stereocenters. The topological polar surface area (TPSA) is 9.86 Å². The highest BCUT2D eigenvalue weighted by molar-refractivity contribution is 6.19. The highest BCUT2D eigenvalue weighted by atomic mass is 15.0. The van der Waals surface area contributed by atoms with E-state index < -0.39 is 0 Å². The normalized spacial score (nSPS) is 11.8. The van der Waals surface area contributed by atoms with Crippen LogP contribution < -0.4 is 0 Å². The fourth-order valence-corrected chi connectivity index (χ4v) is 7.68. The zero-order valence-electron chi connectivity index (χ0n) is 26.2. The average molecular weight is 611 g/mol. The average Bonchev–Trinajstić information content (AvgIpc) is 3.66. The molecule has 224 valence electrons. The second-order valence-corrected chi connectivity index (χ2v) is 12.6. The molecule has 10 rings (SSSR count). The van der Waals surface area contributed by atoms with E-state index in [4.69, 9.17) is 0 Å². The Bertz CT molecular complexity index is 2820. The van der Waals surface area contributed by atoms with Gasteiger partial charge < -0.3 is 9.13 Å². The van der Waals surface area contributed by atoms with Crippen LogP contribution in [0.4, 0.5) is 0 Å². The van der Waals surface area contributed by atoms with Gasteiger partial charge in [-0.3, -0.25) is 0 Å². The number of benzene rings is 8. The fourth-order valence-electron chi connectivity index (χ4n) is 7.68. The lowest BCUT2D eigenvalue weighted by Crippen LogP contribution is -1.97. The van der Waals surface area contributed by atoms with Gasteiger partial charge in [0.2, 0.25) is 0 Å². The van der Waals surface area contributed by atoms with Crippen molar-refractivity contribution in [3.8, 4) is 33.6 Å². The maximum absolute atomic E-state index is 2.48. The molecule has 2 aromatic heterocycles. The van der Waals surface area contributed by atoms with Gasteiger partial charge in [-0.1, -0.05) is 127 Å². The molecule has 0 spiro atoms. The first-order chi connectivity index (χ1) is 23.8. The Morgan fingerprint density at radius 3 is 1.75 bits per heavy atom. The maximum atomic E-state index is 2.48. The molecule has 0 radical (unpaired) electrons. The van der Waals surface area contributed by atoms with Gasteiger partial charge in [0.25, 0.3) is 0 Å². The van der Waals surface area contributed by atoms with Crippen LogP contribution in [-0.4, -0.2) is 9.13 Å². The summed E-state index contributed by atoms with van der Waals surface area (Å²) in [5.41, 5.74) is 12.0. The molecule has 0 aliphatic heterocycles. The van der Waals surface area contributed by atoms with Gasteiger partial charge in [-0.05, 0) is 82.1 Å². The van der Waals surface area contributed by atoms with Crippen LogP contribution in [-0.2, 0) is 0 Å². The maximum Gasteiger partial charge on any atom is 0.0549 e. The van der Waals surface area contributed by atoms with Crippen molar-refractivity contribution in [1.82, 2.24) is 9.13 Å². The van der Waals surface area contributed by atoms with Gasteiger partial charge in [-0.25, -0.2) is 0 Å². The number of fused-ring (bicyclic) bond motifs is 7. The van der Waals surface area contributed by atoms with Gasteiger partial charge in [0, 0.05) is 32.8 Å². The number of hydrogen-bond acceptors (Lipinski definition) is 0. The molecular weight excluding hydrogens is 581 g/mol. The molecule has 8 aromatic carbocycles. The predicted octanol–water partition coefficient (Wildman–Crippen LogP) is 12.4. The van der Waals surface area contributed by atoms with E-state index in [1.54, 1.807) is 0 Å². The summed E-state index contributed by atoms with van der Waals surface area (Å²) in [6.45, 7) is 0. The monoisotopic (exact) mass is 610 g/mol. The standard InChI is InChI=1S/C46H30N2/c1-3-13-31(14-4-1)34-25-26-44-39(28-34)41-30-45-40(38-20-10-12-22-43(38)47(45)36-17-5-2-6-18-36)29-46(41)48(44)42-21-11-9-19-37(42)35-24-23-32-15-7-8-16-33(32)27-35/h1-30H. The van der Waals surface area contributed by atoms with E-state index >= 15 is 0 Å². The summed E-state index contributed by atoms with van der Waals surface area (Å²) in [4.78, 5) is 0.